The van der Waals surface area contributed by atoms with Crippen molar-refractivity contribution in [2.75, 3.05) is 18.5 Å². The van der Waals surface area contributed by atoms with Crippen molar-refractivity contribution in [3.05, 3.63) is 24.0 Å². The Bertz CT molecular complexity index is 522. The minimum atomic E-state index is -0.216. The lowest BCUT2D eigenvalue weighted by molar-refractivity contribution is 0.120. The maximum Gasteiger partial charge on any atom is 0.183 e. The molecule has 0 spiro atoms. The van der Waals surface area contributed by atoms with Crippen LogP contribution in [0.15, 0.2) is 18.2 Å². The number of thiazole rings is 1. The van der Waals surface area contributed by atoms with Gasteiger partial charge in [0.15, 0.2) is 5.13 Å². The topological polar surface area (TPSA) is 34.2 Å². The molecule has 0 radical (unpaired) electrons. The molecule has 1 fully saturated rings. The second-order valence-corrected chi connectivity index (χ2v) is 5.18. The molecule has 1 aliphatic heterocycles. The molecular formula is C12H13FN2OS. The van der Waals surface area contributed by atoms with E-state index in [2.05, 4.69) is 10.3 Å². The molecule has 1 atom stereocenters. The molecular weight excluding hydrogens is 239 g/mol. The average molecular weight is 252 g/mol. The van der Waals surface area contributed by atoms with Crippen LogP contribution in [0.2, 0.25) is 0 Å². The van der Waals surface area contributed by atoms with Crippen molar-refractivity contribution in [1.82, 2.24) is 4.98 Å². The number of rotatable bonds is 3. The van der Waals surface area contributed by atoms with Gasteiger partial charge in [-0.15, -0.1) is 0 Å². The van der Waals surface area contributed by atoms with Crippen LogP contribution in [0.3, 0.4) is 0 Å². The molecule has 1 aromatic heterocycles. The van der Waals surface area contributed by atoms with Crippen molar-refractivity contribution in [3.8, 4) is 0 Å². The van der Waals surface area contributed by atoms with E-state index in [4.69, 9.17) is 4.74 Å². The highest BCUT2D eigenvalue weighted by Crippen LogP contribution is 2.26. The first kappa shape index (κ1) is 10.9. The first-order chi connectivity index (χ1) is 8.31. The van der Waals surface area contributed by atoms with E-state index in [1.165, 1.54) is 23.5 Å². The van der Waals surface area contributed by atoms with Gasteiger partial charge >= 0.3 is 0 Å². The predicted molar refractivity (Wildman–Crippen MR) is 67.0 cm³/mol. The smallest absolute Gasteiger partial charge is 0.183 e. The molecule has 1 aromatic carbocycles. The highest BCUT2D eigenvalue weighted by molar-refractivity contribution is 7.22. The Hall–Kier alpha value is -1.20. The van der Waals surface area contributed by atoms with Crippen LogP contribution in [-0.4, -0.2) is 24.2 Å². The van der Waals surface area contributed by atoms with E-state index in [1.54, 1.807) is 6.07 Å². The van der Waals surface area contributed by atoms with Crippen molar-refractivity contribution in [2.45, 2.75) is 18.9 Å². The van der Waals surface area contributed by atoms with E-state index >= 15 is 0 Å². The molecule has 2 heterocycles. The Morgan fingerprint density at radius 2 is 2.47 bits per heavy atom. The van der Waals surface area contributed by atoms with Crippen LogP contribution in [-0.2, 0) is 4.74 Å². The summed E-state index contributed by atoms with van der Waals surface area (Å²) in [4.78, 5) is 4.40. The molecule has 0 unspecified atom stereocenters. The van der Waals surface area contributed by atoms with Crippen LogP contribution >= 0.6 is 11.3 Å². The number of anilines is 1. The summed E-state index contributed by atoms with van der Waals surface area (Å²) in [6.07, 6.45) is 2.53. The van der Waals surface area contributed by atoms with Crippen molar-refractivity contribution < 1.29 is 9.13 Å². The SMILES string of the molecule is Fc1ccc2nc(NC[C@H]3CCCO3)sc2c1. The fourth-order valence-corrected chi connectivity index (χ4v) is 2.88. The van der Waals surface area contributed by atoms with Gasteiger partial charge < -0.3 is 10.1 Å². The molecule has 17 heavy (non-hydrogen) atoms. The second-order valence-electron chi connectivity index (χ2n) is 4.15. The van der Waals surface area contributed by atoms with Crippen molar-refractivity contribution in [2.24, 2.45) is 0 Å². The van der Waals surface area contributed by atoms with E-state index in [1.807, 2.05) is 0 Å². The Morgan fingerprint density at radius 3 is 3.29 bits per heavy atom. The lowest BCUT2D eigenvalue weighted by Gasteiger charge is -2.08. The summed E-state index contributed by atoms with van der Waals surface area (Å²) in [6.45, 7) is 1.64. The highest BCUT2D eigenvalue weighted by Gasteiger charge is 2.15. The molecule has 5 heteroatoms. The van der Waals surface area contributed by atoms with Gasteiger partial charge in [0, 0.05) is 13.2 Å². The van der Waals surface area contributed by atoms with Crippen molar-refractivity contribution in [1.29, 1.82) is 0 Å². The minimum absolute atomic E-state index is 0.216. The van der Waals surface area contributed by atoms with Crippen molar-refractivity contribution >= 4 is 26.7 Å². The molecule has 90 valence electrons. The van der Waals surface area contributed by atoms with Gasteiger partial charge in [-0.3, -0.25) is 0 Å². The molecule has 0 bridgehead atoms. The first-order valence-electron chi connectivity index (χ1n) is 5.73. The summed E-state index contributed by atoms with van der Waals surface area (Å²) >= 11 is 1.48. The van der Waals surface area contributed by atoms with Crippen LogP contribution < -0.4 is 5.32 Å². The van der Waals surface area contributed by atoms with E-state index in [9.17, 15) is 4.39 Å². The third-order valence-corrected chi connectivity index (χ3v) is 3.83. The van der Waals surface area contributed by atoms with Gasteiger partial charge in [-0.2, -0.15) is 0 Å². The van der Waals surface area contributed by atoms with Crippen LogP contribution in [0.5, 0.6) is 0 Å². The maximum absolute atomic E-state index is 13.0. The number of halogens is 1. The summed E-state index contributed by atoms with van der Waals surface area (Å²) in [5, 5.41) is 4.09. The first-order valence-corrected chi connectivity index (χ1v) is 6.54. The molecule has 0 saturated carbocycles. The molecule has 3 rings (SSSR count). The minimum Gasteiger partial charge on any atom is -0.376 e. The zero-order valence-corrected chi connectivity index (χ0v) is 10.1. The van der Waals surface area contributed by atoms with Gasteiger partial charge in [0.25, 0.3) is 0 Å². The van der Waals surface area contributed by atoms with Crippen LogP contribution in [0, 0.1) is 5.82 Å². The van der Waals surface area contributed by atoms with E-state index in [0.29, 0.717) is 6.10 Å². The number of ether oxygens (including phenoxy) is 1. The number of nitrogens with one attached hydrogen (secondary N) is 1. The number of aromatic nitrogens is 1. The van der Waals surface area contributed by atoms with Crippen LogP contribution in [0.1, 0.15) is 12.8 Å². The molecule has 0 aliphatic carbocycles. The summed E-state index contributed by atoms with van der Waals surface area (Å²) in [5.74, 6) is -0.216. The molecule has 2 aromatic rings. The van der Waals surface area contributed by atoms with Crippen molar-refractivity contribution in [3.63, 3.8) is 0 Å². The number of fused-ring (bicyclic) bond motifs is 1. The maximum atomic E-state index is 13.0. The van der Waals surface area contributed by atoms with Gasteiger partial charge in [0.2, 0.25) is 0 Å². The third kappa shape index (κ3) is 2.40. The monoisotopic (exact) mass is 252 g/mol. The number of benzene rings is 1. The lowest BCUT2D eigenvalue weighted by Crippen LogP contribution is -2.18. The number of nitrogens with zero attached hydrogens (tertiary/aromatic N) is 1. The Labute approximate surface area is 103 Å². The predicted octanol–water partition coefficient (Wildman–Crippen LogP) is 3.03. The highest BCUT2D eigenvalue weighted by atomic mass is 32.1. The molecule has 1 N–H and O–H groups in total. The fraction of sp³-hybridized carbons (Fsp3) is 0.417. The number of hydrogen-bond acceptors (Lipinski definition) is 4. The van der Waals surface area contributed by atoms with Gasteiger partial charge in [-0.25, -0.2) is 9.37 Å². The van der Waals surface area contributed by atoms with Gasteiger partial charge in [0.1, 0.15) is 5.82 Å². The fourth-order valence-electron chi connectivity index (χ4n) is 1.98. The van der Waals surface area contributed by atoms with Gasteiger partial charge in [0.05, 0.1) is 16.3 Å². The molecule has 1 saturated heterocycles. The summed E-state index contributed by atoms with van der Waals surface area (Å²) in [5.41, 5.74) is 0.839. The van der Waals surface area contributed by atoms with Crippen LogP contribution in [0.4, 0.5) is 9.52 Å². The Morgan fingerprint density at radius 1 is 1.53 bits per heavy atom. The van der Waals surface area contributed by atoms with E-state index < -0.39 is 0 Å². The summed E-state index contributed by atoms with van der Waals surface area (Å²) in [7, 11) is 0. The quantitative estimate of drug-likeness (QED) is 0.911. The Kier molecular flexibility index (Phi) is 2.94. The molecule has 3 nitrogen and oxygen atoms in total. The van der Waals surface area contributed by atoms with E-state index in [0.717, 1.165) is 41.3 Å². The van der Waals surface area contributed by atoms with Crippen LogP contribution in [0.25, 0.3) is 10.2 Å². The zero-order chi connectivity index (χ0) is 11.7. The summed E-state index contributed by atoms with van der Waals surface area (Å²) in [6, 6.07) is 4.66. The normalized spacial score (nSPS) is 19.9. The zero-order valence-electron chi connectivity index (χ0n) is 9.28. The lowest BCUT2D eigenvalue weighted by atomic mass is 10.2. The second kappa shape index (κ2) is 4.58. The number of hydrogen-bond donors (Lipinski definition) is 1. The molecule has 1 aliphatic rings. The molecule has 0 amide bonds. The largest absolute Gasteiger partial charge is 0.376 e. The third-order valence-electron chi connectivity index (χ3n) is 2.86. The standard InChI is InChI=1S/C12H13FN2OS/c13-8-3-4-10-11(6-8)17-12(15-10)14-7-9-2-1-5-16-9/h3-4,6,9H,1-2,5,7H2,(H,14,15)/t9-/m1/s1. The Balaban J connectivity index is 1.72. The van der Waals surface area contributed by atoms with Gasteiger partial charge in [-0.1, -0.05) is 11.3 Å². The van der Waals surface area contributed by atoms with E-state index in [-0.39, 0.29) is 5.82 Å². The van der Waals surface area contributed by atoms with Gasteiger partial charge in [-0.05, 0) is 31.0 Å². The average Bonchev–Trinajstić information content (AvgIpc) is 2.94. The summed E-state index contributed by atoms with van der Waals surface area (Å²) < 4.78 is 19.4.